The number of hydrogen-bond acceptors (Lipinski definition) is 4. The lowest BCUT2D eigenvalue weighted by molar-refractivity contribution is 0.0946. The molecule has 0 saturated heterocycles. The molecule has 0 saturated carbocycles. The quantitative estimate of drug-likeness (QED) is 0.450. The Morgan fingerprint density at radius 2 is 1.87 bits per heavy atom. The van der Waals surface area contributed by atoms with Crippen molar-refractivity contribution in [2.45, 2.75) is 19.4 Å². The molecule has 1 aliphatic heterocycles. The van der Waals surface area contributed by atoms with E-state index in [1.807, 2.05) is 54.7 Å². The molecule has 6 heteroatoms. The first kappa shape index (κ1) is 19.1. The molecule has 0 spiro atoms. The standard InChI is InChI=1S/C25H23N5O/c1-16(17-5-3-2-4-6-17)29-24-8-7-19(15-28-24)22-13-18(9-11-26-22)23-14-20-21(30-23)10-12-27-25(20)31/h2-9,11,13-16,30H,10,12H2,1H3,(H,27,31)(H,28,29)/t16-/m0/s1. The van der Waals surface area contributed by atoms with Gasteiger partial charge in [-0.3, -0.25) is 9.78 Å². The lowest BCUT2D eigenvalue weighted by Gasteiger charge is -2.15. The number of amides is 1. The number of aromatic amines is 1. The van der Waals surface area contributed by atoms with E-state index in [9.17, 15) is 4.79 Å². The van der Waals surface area contributed by atoms with Crippen molar-refractivity contribution in [3.63, 3.8) is 0 Å². The number of nitrogens with one attached hydrogen (secondary N) is 3. The molecule has 4 aromatic rings. The molecule has 0 bridgehead atoms. The summed E-state index contributed by atoms with van der Waals surface area (Å²) in [5.41, 5.74) is 6.62. The maximum atomic E-state index is 12.1. The van der Waals surface area contributed by atoms with Gasteiger partial charge in [-0.2, -0.15) is 0 Å². The van der Waals surface area contributed by atoms with Gasteiger partial charge >= 0.3 is 0 Å². The number of carbonyl (C=O) groups excluding carboxylic acids is 1. The summed E-state index contributed by atoms with van der Waals surface area (Å²) in [6, 6.07) is 20.3. The highest BCUT2D eigenvalue weighted by Gasteiger charge is 2.20. The first-order valence-corrected chi connectivity index (χ1v) is 10.4. The van der Waals surface area contributed by atoms with Crippen LogP contribution >= 0.6 is 0 Å². The summed E-state index contributed by atoms with van der Waals surface area (Å²) in [7, 11) is 0. The number of carbonyl (C=O) groups is 1. The Hall–Kier alpha value is -3.93. The number of benzene rings is 1. The van der Waals surface area contributed by atoms with Crippen molar-refractivity contribution in [1.82, 2.24) is 20.3 Å². The van der Waals surface area contributed by atoms with Crippen LogP contribution in [0.3, 0.4) is 0 Å². The van der Waals surface area contributed by atoms with Crippen LogP contribution < -0.4 is 10.6 Å². The van der Waals surface area contributed by atoms with Gasteiger partial charge in [-0.1, -0.05) is 30.3 Å². The molecule has 6 nitrogen and oxygen atoms in total. The van der Waals surface area contributed by atoms with Gasteiger partial charge in [-0.05, 0) is 42.8 Å². The fourth-order valence-electron chi connectivity index (χ4n) is 3.88. The topological polar surface area (TPSA) is 82.7 Å². The zero-order valence-electron chi connectivity index (χ0n) is 17.2. The van der Waals surface area contributed by atoms with Gasteiger partial charge in [0.05, 0.1) is 11.3 Å². The van der Waals surface area contributed by atoms with Crippen LogP contribution in [-0.4, -0.2) is 27.4 Å². The second-order valence-corrected chi connectivity index (χ2v) is 7.72. The van der Waals surface area contributed by atoms with Crippen molar-refractivity contribution >= 4 is 11.7 Å². The van der Waals surface area contributed by atoms with Crippen LogP contribution in [0.25, 0.3) is 22.5 Å². The van der Waals surface area contributed by atoms with Crippen LogP contribution in [0.15, 0.2) is 73.1 Å². The summed E-state index contributed by atoms with van der Waals surface area (Å²) in [6.45, 7) is 2.79. The summed E-state index contributed by atoms with van der Waals surface area (Å²) in [6.07, 6.45) is 4.44. The van der Waals surface area contributed by atoms with Gasteiger partial charge in [0.2, 0.25) is 0 Å². The summed E-state index contributed by atoms with van der Waals surface area (Å²) in [5.74, 6) is 0.800. The molecule has 0 radical (unpaired) electrons. The minimum atomic E-state index is -0.0185. The SMILES string of the molecule is C[C@H](Nc1ccc(-c2cc(-c3cc4c([nH]3)CCNC4=O)ccn2)cn1)c1ccccc1. The number of fused-ring (bicyclic) bond motifs is 1. The van der Waals surface area contributed by atoms with E-state index < -0.39 is 0 Å². The Bertz CT molecular complexity index is 1210. The summed E-state index contributed by atoms with van der Waals surface area (Å²) in [4.78, 5) is 24.5. The van der Waals surface area contributed by atoms with Crippen molar-refractivity contribution in [2.24, 2.45) is 0 Å². The highest BCUT2D eigenvalue weighted by atomic mass is 16.1. The van der Waals surface area contributed by atoms with Crippen LogP contribution in [0, 0.1) is 0 Å². The van der Waals surface area contributed by atoms with Crippen LogP contribution in [-0.2, 0) is 6.42 Å². The Kier molecular flexibility index (Phi) is 4.96. The van der Waals surface area contributed by atoms with E-state index in [2.05, 4.69) is 44.6 Å². The summed E-state index contributed by atoms with van der Waals surface area (Å²) in [5, 5.41) is 6.32. The third-order valence-corrected chi connectivity index (χ3v) is 5.60. The van der Waals surface area contributed by atoms with Gasteiger partial charge in [0.15, 0.2) is 0 Å². The molecule has 3 N–H and O–H groups in total. The first-order valence-electron chi connectivity index (χ1n) is 10.4. The average Bonchev–Trinajstić information content (AvgIpc) is 3.26. The summed E-state index contributed by atoms with van der Waals surface area (Å²) < 4.78 is 0. The number of H-pyrrole nitrogens is 1. The minimum absolute atomic E-state index is 0.0185. The smallest absolute Gasteiger partial charge is 0.253 e. The molecular weight excluding hydrogens is 386 g/mol. The molecule has 4 heterocycles. The van der Waals surface area contributed by atoms with Gasteiger partial charge in [0, 0.05) is 53.9 Å². The molecule has 154 valence electrons. The van der Waals surface area contributed by atoms with Crippen molar-refractivity contribution in [3.05, 3.63) is 89.9 Å². The third-order valence-electron chi connectivity index (χ3n) is 5.60. The predicted molar refractivity (Wildman–Crippen MR) is 122 cm³/mol. The molecule has 0 aliphatic carbocycles. The average molecular weight is 409 g/mol. The Balaban J connectivity index is 1.36. The fourth-order valence-corrected chi connectivity index (χ4v) is 3.88. The van der Waals surface area contributed by atoms with Crippen LogP contribution in [0.5, 0.6) is 0 Å². The lowest BCUT2D eigenvalue weighted by atomic mass is 10.1. The highest BCUT2D eigenvalue weighted by molar-refractivity contribution is 5.97. The number of aromatic nitrogens is 3. The minimum Gasteiger partial charge on any atom is -0.364 e. The summed E-state index contributed by atoms with van der Waals surface area (Å²) >= 11 is 0. The Morgan fingerprint density at radius 1 is 1.00 bits per heavy atom. The molecule has 3 aromatic heterocycles. The van der Waals surface area contributed by atoms with Gasteiger partial charge in [-0.15, -0.1) is 0 Å². The number of pyridine rings is 2. The normalized spacial score (nSPS) is 13.9. The van der Waals surface area contributed by atoms with E-state index in [-0.39, 0.29) is 11.9 Å². The largest absolute Gasteiger partial charge is 0.364 e. The zero-order chi connectivity index (χ0) is 21.2. The van der Waals surface area contributed by atoms with Crippen LogP contribution in [0.4, 0.5) is 5.82 Å². The maximum absolute atomic E-state index is 12.1. The molecular formula is C25H23N5O. The van der Waals surface area contributed by atoms with E-state index in [4.69, 9.17) is 0 Å². The van der Waals surface area contributed by atoms with Crippen molar-refractivity contribution in [1.29, 1.82) is 0 Å². The first-order chi connectivity index (χ1) is 15.2. The van der Waals surface area contributed by atoms with E-state index in [0.29, 0.717) is 6.54 Å². The van der Waals surface area contributed by atoms with Gasteiger partial charge in [-0.25, -0.2) is 4.98 Å². The van der Waals surface area contributed by atoms with Crippen molar-refractivity contribution in [3.8, 4) is 22.5 Å². The number of rotatable bonds is 5. The fraction of sp³-hybridized carbons (Fsp3) is 0.160. The van der Waals surface area contributed by atoms with Gasteiger partial charge in [0.1, 0.15) is 5.82 Å². The van der Waals surface area contributed by atoms with Crippen molar-refractivity contribution < 1.29 is 4.79 Å². The lowest BCUT2D eigenvalue weighted by Crippen LogP contribution is -2.31. The predicted octanol–water partition coefficient (Wildman–Crippen LogP) is 4.60. The van der Waals surface area contributed by atoms with E-state index >= 15 is 0 Å². The van der Waals surface area contributed by atoms with Crippen LogP contribution in [0.2, 0.25) is 0 Å². The molecule has 31 heavy (non-hydrogen) atoms. The molecule has 1 aliphatic rings. The second kappa shape index (κ2) is 8.07. The molecule has 1 aromatic carbocycles. The molecule has 0 unspecified atom stereocenters. The van der Waals surface area contributed by atoms with Crippen molar-refractivity contribution in [2.75, 3.05) is 11.9 Å². The number of anilines is 1. The highest BCUT2D eigenvalue weighted by Crippen LogP contribution is 2.27. The molecule has 5 rings (SSSR count). The molecule has 0 fully saturated rings. The molecule has 1 atom stereocenters. The monoisotopic (exact) mass is 409 g/mol. The van der Waals surface area contributed by atoms with E-state index in [1.165, 1.54) is 5.56 Å². The van der Waals surface area contributed by atoms with E-state index in [0.717, 1.165) is 46.0 Å². The zero-order valence-corrected chi connectivity index (χ0v) is 17.2. The number of hydrogen-bond donors (Lipinski definition) is 3. The van der Waals surface area contributed by atoms with E-state index in [1.54, 1.807) is 6.20 Å². The van der Waals surface area contributed by atoms with Gasteiger partial charge in [0.25, 0.3) is 5.91 Å². The Labute approximate surface area is 180 Å². The Morgan fingerprint density at radius 3 is 2.65 bits per heavy atom. The van der Waals surface area contributed by atoms with Gasteiger partial charge < -0.3 is 15.6 Å². The second-order valence-electron chi connectivity index (χ2n) is 7.72. The van der Waals surface area contributed by atoms with Crippen LogP contribution in [0.1, 0.15) is 34.6 Å². The number of nitrogens with zero attached hydrogens (tertiary/aromatic N) is 2. The maximum Gasteiger partial charge on any atom is 0.253 e. The molecule has 1 amide bonds. The third kappa shape index (κ3) is 3.92.